The predicted octanol–water partition coefficient (Wildman–Crippen LogP) is 5.42. The number of hydrogen-bond acceptors (Lipinski definition) is 8. The predicted molar refractivity (Wildman–Crippen MR) is 170 cm³/mol. The lowest BCUT2D eigenvalue weighted by Crippen LogP contribution is -2.41. The molecule has 222 valence electrons. The SMILES string of the molecule is Brc1cnn(C2CC2)n1.Cc1c(N)cccc1-c1cnn(C2CC2)n1.Cc1c(N)cccc1B1OC(C)(C)C(C)(C)O1. The Morgan fingerprint density at radius 1 is 0.786 bits per heavy atom. The molecule has 7 rings (SSSR count). The monoisotopic (exact) mass is 634 g/mol. The first-order chi connectivity index (χ1) is 19.9. The van der Waals surface area contributed by atoms with Gasteiger partial charge in [0.05, 0.1) is 35.7 Å². The standard InChI is InChI=1S/C13H20BNO2.C12H14N4.C5H6BrN3/c1-9-10(7-6-8-11(9)15)14-16-12(2,3)13(4,5)17-14;1-8-10(3-2-4-11(8)13)12-7-14-16(15-12)9-5-6-9;6-5-3-7-9(8-5)4-1-2-4/h6-8H,15H2,1-5H3;2-4,7,9H,5-6,13H2,1H3;3-4H,1-2H2. The Morgan fingerprint density at radius 2 is 1.31 bits per heavy atom. The van der Waals surface area contributed by atoms with Gasteiger partial charge >= 0.3 is 7.12 Å². The van der Waals surface area contributed by atoms with Gasteiger partial charge in [-0.25, -0.2) is 0 Å². The second-order valence-corrected chi connectivity index (χ2v) is 13.0. The van der Waals surface area contributed by atoms with Crippen molar-refractivity contribution in [2.75, 3.05) is 11.5 Å². The van der Waals surface area contributed by atoms with Crippen molar-refractivity contribution in [1.82, 2.24) is 30.0 Å². The number of rotatable bonds is 4. The summed E-state index contributed by atoms with van der Waals surface area (Å²) in [4.78, 5) is 3.59. The van der Waals surface area contributed by atoms with Gasteiger partial charge in [0, 0.05) is 16.9 Å². The molecule has 2 saturated carbocycles. The molecule has 3 heterocycles. The maximum absolute atomic E-state index is 6.01. The van der Waals surface area contributed by atoms with Crippen LogP contribution in [0.15, 0.2) is 53.4 Å². The zero-order valence-electron chi connectivity index (χ0n) is 25.2. The van der Waals surface area contributed by atoms with E-state index in [1.54, 1.807) is 11.0 Å². The summed E-state index contributed by atoms with van der Waals surface area (Å²) in [6.45, 7) is 12.2. The number of hydrogen-bond donors (Lipinski definition) is 2. The topological polar surface area (TPSA) is 132 Å². The maximum atomic E-state index is 6.01. The number of nitrogen functional groups attached to an aromatic ring is 2. The number of aromatic nitrogens is 6. The highest BCUT2D eigenvalue weighted by atomic mass is 79.9. The summed E-state index contributed by atoms with van der Waals surface area (Å²) in [6, 6.07) is 12.8. The molecule has 3 aliphatic rings. The summed E-state index contributed by atoms with van der Waals surface area (Å²) in [5.41, 5.74) is 17.9. The van der Waals surface area contributed by atoms with Crippen molar-refractivity contribution in [3.63, 3.8) is 0 Å². The van der Waals surface area contributed by atoms with Crippen molar-refractivity contribution in [2.24, 2.45) is 0 Å². The minimum atomic E-state index is -0.330. The smallest absolute Gasteiger partial charge is 0.399 e. The first-order valence-electron chi connectivity index (χ1n) is 14.4. The quantitative estimate of drug-likeness (QED) is 0.225. The molecule has 0 radical (unpaired) electrons. The lowest BCUT2D eigenvalue weighted by atomic mass is 9.76. The number of anilines is 2. The van der Waals surface area contributed by atoms with E-state index in [-0.39, 0.29) is 18.3 Å². The number of nitrogens with zero attached hydrogens (tertiary/aromatic N) is 6. The van der Waals surface area contributed by atoms with E-state index in [1.165, 1.54) is 25.7 Å². The molecule has 4 aromatic rings. The fraction of sp³-hybridized carbons (Fsp3) is 0.467. The molecule has 0 amide bonds. The summed E-state index contributed by atoms with van der Waals surface area (Å²) in [5, 5.41) is 16.9. The minimum absolute atomic E-state index is 0.311. The van der Waals surface area contributed by atoms with Crippen molar-refractivity contribution in [1.29, 1.82) is 0 Å². The number of nitrogens with two attached hydrogens (primary N) is 2. The largest absolute Gasteiger partial charge is 0.495 e. The number of benzene rings is 2. The van der Waals surface area contributed by atoms with Gasteiger partial charge < -0.3 is 20.8 Å². The maximum Gasteiger partial charge on any atom is 0.495 e. The van der Waals surface area contributed by atoms with Crippen molar-refractivity contribution < 1.29 is 9.31 Å². The second-order valence-electron chi connectivity index (χ2n) is 12.2. The van der Waals surface area contributed by atoms with E-state index < -0.39 is 0 Å². The molecule has 1 saturated heterocycles. The summed E-state index contributed by atoms with van der Waals surface area (Å²) >= 11 is 3.23. The van der Waals surface area contributed by atoms with E-state index in [0.717, 1.165) is 43.8 Å². The lowest BCUT2D eigenvalue weighted by molar-refractivity contribution is 0.00578. The van der Waals surface area contributed by atoms with Gasteiger partial charge in [0.25, 0.3) is 0 Å². The van der Waals surface area contributed by atoms with Crippen molar-refractivity contribution in [3.8, 4) is 11.3 Å². The Balaban J connectivity index is 0.000000132. The van der Waals surface area contributed by atoms with E-state index in [4.69, 9.17) is 20.8 Å². The molecule has 2 aromatic heterocycles. The summed E-state index contributed by atoms with van der Waals surface area (Å²) < 4.78 is 12.8. The molecule has 42 heavy (non-hydrogen) atoms. The van der Waals surface area contributed by atoms with Crippen LogP contribution in [0.1, 0.15) is 76.6 Å². The van der Waals surface area contributed by atoms with Crippen molar-refractivity contribution >= 4 is 39.9 Å². The molecule has 10 nitrogen and oxygen atoms in total. The molecule has 0 atom stereocenters. The van der Waals surface area contributed by atoms with Gasteiger partial charge in [-0.05, 0) is 112 Å². The fourth-order valence-electron chi connectivity index (χ4n) is 4.45. The van der Waals surface area contributed by atoms with Crippen LogP contribution in [-0.2, 0) is 9.31 Å². The van der Waals surface area contributed by atoms with E-state index in [1.807, 2.05) is 61.2 Å². The Bertz CT molecular complexity index is 1530. The summed E-state index contributed by atoms with van der Waals surface area (Å²) in [5.74, 6) is 0. The normalized spacial score (nSPS) is 18.6. The molecule has 2 aliphatic carbocycles. The molecule has 1 aliphatic heterocycles. The van der Waals surface area contributed by atoms with Gasteiger partial charge in [-0.3, -0.25) is 0 Å². The third-order valence-electron chi connectivity index (χ3n) is 8.31. The van der Waals surface area contributed by atoms with Crippen LogP contribution in [-0.4, -0.2) is 48.3 Å². The van der Waals surface area contributed by atoms with E-state index in [2.05, 4.69) is 64.0 Å². The molecule has 3 fully saturated rings. The van der Waals surface area contributed by atoms with Crippen LogP contribution in [0, 0.1) is 13.8 Å². The fourth-order valence-corrected chi connectivity index (χ4v) is 4.70. The van der Waals surface area contributed by atoms with Gasteiger partial charge in [-0.1, -0.05) is 24.3 Å². The van der Waals surface area contributed by atoms with Crippen LogP contribution in [0.5, 0.6) is 0 Å². The van der Waals surface area contributed by atoms with Gasteiger partial charge in [-0.15, -0.1) is 5.10 Å². The Hall–Kier alpha value is -3.22. The second kappa shape index (κ2) is 11.8. The third-order valence-corrected chi connectivity index (χ3v) is 8.68. The zero-order valence-corrected chi connectivity index (χ0v) is 26.8. The molecule has 0 unspecified atom stereocenters. The molecule has 12 heteroatoms. The third kappa shape index (κ3) is 6.71. The molecule has 0 spiro atoms. The summed E-state index contributed by atoms with van der Waals surface area (Å²) in [7, 11) is -0.330. The molecule has 2 aromatic carbocycles. The van der Waals surface area contributed by atoms with Gasteiger partial charge in [0.15, 0.2) is 0 Å². The Morgan fingerprint density at radius 3 is 1.86 bits per heavy atom. The van der Waals surface area contributed by atoms with Crippen LogP contribution >= 0.6 is 15.9 Å². The summed E-state index contributed by atoms with van der Waals surface area (Å²) in [6.07, 6.45) is 8.41. The minimum Gasteiger partial charge on any atom is -0.399 e. The van der Waals surface area contributed by atoms with Crippen LogP contribution in [0.2, 0.25) is 0 Å². The first-order valence-corrected chi connectivity index (χ1v) is 15.2. The molecule has 4 N–H and O–H groups in total. The molecular weight excluding hydrogens is 595 g/mol. The van der Waals surface area contributed by atoms with E-state index in [0.29, 0.717) is 12.1 Å². The van der Waals surface area contributed by atoms with Crippen LogP contribution in [0.25, 0.3) is 11.3 Å². The van der Waals surface area contributed by atoms with Crippen molar-refractivity contribution in [2.45, 2.75) is 90.5 Å². The Labute approximate surface area is 256 Å². The Kier molecular flexibility index (Phi) is 8.51. The van der Waals surface area contributed by atoms with Gasteiger partial charge in [0.1, 0.15) is 10.3 Å². The zero-order chi connectivity index (χ0) is 30.2. The van der Waals surface area contributed by atoms with Crippen LogP contribution < -0.4 is 16.9 Å². The first kappa shape index (κ1) is 30.2. The highest BCUT2D eigenvalue weighted by Gasteiger charge is 2.52. The average molecular weight is 635 g/mol. The molecule has 0 bridgehead atoms. The van der Waals surface area contributed by atoms with Crippen LogP contribution in [0.4, 0.5) is 11.4 Å². The van der Waals surface area contributed by atoms with Crippen LogP contribution in [0.3, 0.4) is 0 Å². The lowest BCUT2D eigenvalue weighted by Gasteiger charge is -2.32. The average Bonchev–Trinajstić information content (AvgIpc) is 3.86. The van der Waals surface area contributed by atoms with Gasteiger partial charge in [-0.2, -0.15) is 24.9 Å². The van der Waals surface area contributed by atoms with Gasteiger partial charge in [0.2, 0.25) is 0 Å². The van der Waals surface area contributed by atoms with E-state index >= 15 is 0 Å². The highest BCUT2D eigenvalue weighted by Crippen LogP contribution is 2.37. The molecular formula is C30H40BBrN8O2. The number of halogens is 1. The van der Waals surface area contributed by atoms with E-state index in [9.17, 15) is 0 Å². The van der Waals surface area contributed by atoms with Crippen molar-refractivity contribution in [3.05, 3.63) is 64.5 Å². The highest BCUT2D eigenvalue weighted by molar-refractivity contribution is 9.10.